The van der Waals surface area contributed by atoms with Crippen molar-refractivity contribution in [2.24, 2.45) is 4.99 Å². The maximum absolute atomic E-state index is 5.41. The molecule has 0 fully saturated rings. The molecule has 0 saturated carbocycles. The molecule has 1 aliphatic rings. The van der Waals surface area contributed by atoms with E-state index in [1.807, 2.05) is 19.2 Å². The lowest BCUT2D eigenvalue weighted by Gasteiger charge is -2.20. The second-order valence-electron chi connectivity index (χ2n) is 6.64. The molecule has 0 amide bonds. The van der Waals surface area contributed by atoms with Gasteiger partial charge in [-0.3, -0.25) is 4.99 Å². The summed E-state index contributed by atoms with van der Waals surface area (Å²) < 4.78 is 10.7. The van der Waals surface area contributed by atoms with Crippen molar-refractivity contribution in [3.8, 4) is 11.5 Å². The van der Waals surface area contributed by atoms with Crippen molar-refractivity contribution in [2.75, 3.05) is 40.5 Å². The Hall–Kier alpha value is -1.22. The number of hydrogen-bond acceptors (Lipinski definition) is 4. The first-order chi connectivity index (χ1) is 12.1. The summed E-state index contributed by atoms with van der Waals surface area (Å²) in [6.45, 7) is 7.68. The Labute approximate surface area is 174 Å². The molecule has 7 heteroatoms. The molecule has 0 saturated heterocycles. The average molecular weight is 476 g/mol. The molecular weight excluding hydrogens is 443 g/mol. The first-order valence-corrected chi connectivity index (χ1v) is 9.13. The van der Waals surface area contributed by atoms with Gasteiger partial charge in [0.25, 0.3) is 0 Å². The third-order valence-corrected chi connectivity index (χ3v) is 4.48. The standard InChI is InChI=1S/C19H32N4O2.HI/c1-15(2)23(4)12-6-5-10-21-19(20-3)22-11-9-16-7-8-17-18(13-16)25-14-24-17;/h7-8,13,15H,5-6,9-12,14H2,1-4H3,(H2,20,21,22);1H. The number of unbranched alkanes of at least 4 members (excludes halogenated alkanes) is 1. The predicted octanol–water partition coefficient (Wildman–Crippen LogP) is 2.86. The smallest absolute Gasteiger partial charge is 0.231 e. The van der Waals surface area contributed by atoms with Crippen LogP contribution in [-0.4, -0.2) is 57.4 Å². The lowest BCUT2D eigenvalue weighted by molar-refractivity contribution is 0.174. The van der Waals surface area contributed by atoms with Gasteiger partial charge in [0.15, 0.2) is 17.5 Å². The highest BCUT2D eigenvalue weighted by molar-refractivity contribution is 14.0. The van der Waals surface area contributed by atoms with Crippen LogP contribution in [0.15, 0.2) is 23.2 Å². The molecule has 0 aliphatic carbocycles. The highest BCUT2D eigenvalue weighted by Crippen LogP contribution is 2.32. The van der Waals surface area contributed by atoms with Gasteiger partial charge in [0.1, 0.15) is 0 Å². The summed E-state index contributed by atoms with van der Waals surface area (Å²) in [6.07, 6.45) is 3.24. The molecule has 6 nitrogen and oxygen atoms in total. The molecule has 2 N–H and O–H groups in total. The maximum atomic E-state index is 5.41. The zero-order valence-electron chi connectivity index (χ0n) is 16.4. The largest absolute Gasteiger partial charge is 0.454 e. The number of halogens is 1. The van der Waals surface area contributed by atoms with Crippen LogP contribution in [0.1, 0.15) is 32.3 Å². The molecule has 2 rings (SSSR count). The van der Waals surface area contributed by atoms with Crippen LogP contribution >= 0.6 is 24.0 Å². The first kappa shape index (κ1) is 22.8. The van der Waals surface area contributed by atoms with E-state index in [-0.39, 0.29) is 24.0 Å². The summed E-state index contributed by atoms with van der Waals surface area (Å²) in [7, 11) is 3.98. The van der Waals surface area contributed by atoms with E-state index in [0.29, 0.717) is 12.8 Å². The molecule has 0 radical (unpaired) electrons. The lowest BCUT2D eigenvalue weighted by Crippen LogP contribution is -2.39. The summed E-state index contributed by atoms with van der Waals surface area (Å²) in [4.78, 5) is 6.65. The highest BCUT2D eigenvalue weighted by Gasteiger charge is 2.12. The Bertz CT molecular complexity index is 566. The SMILES string of the molecule is CN=C(NCCCCN(C)C(C)C)NCCc1ccc2c(c1)OCO2.I. The van der Waals surface area contributed by atoms with E-state index in [1.54, 1.807) is 0 Å². The molecule has 1 aromatic carbocycles. The number of benzene rings is 1. The molecule has 0 bridgehead atoms. The first-order valence-electron chi connectivity index (χ1n) is 9.13. The predicted molar refractivity (Wildman–Crippen MR) is 118 cm³/mol. The van der Waals surface area contributed by atoms with Gasteiger partial charge in [-0.15, -0.1) is 24.0 Å². The van der Waals surface area contributed by atoms with Crippen LogP contribution in [0.3, 0.4) is 0 Å². The third kappa shape index (κ3) is 7.57. The fourth-order valence-electron chi connectivity index (χ4n) is 2.59. The zero-order chi connectivity index (χ0) is 18.1. The number of ether oxygens (including phenoxy) is 2. The Morgan fingerprint density at radius 3 is 2.62 bits per heavy atom. The molecule has 0 unspecified atom stereocenters. The van der Waals surface area contributed by atoms with Gasteiger partial charge in [0.2, 0.25) is 6.79 Å². The molecule has 0 aromatic heterocycles. The molecule has 1 aromatic rings. The van der Waals surface area contributed by atoms with Crippen LogP contribution in [0.2, 0.25) is 0 Å². The molecule has 148 valence electrons. The van der Waals surface area contributed by atoms with Gasteiger partial charge in [-0.1, -0.05) is 6.07 Å². The normalized spacial score (nSPS) is 13.1. The number of aliphatic imine (C=N–C) groups is 1. The minimum Gasteiger partial charge on any atom is -0.454 e. The third-order valence-electron chi connectivity index (χ3n) is 4.48. The van der Waals surface area contributed by atoms with E-state index >= 15 is 0 Å². The molecular formula is C19H33IN4O2. The Morgan fingerprint density at radius 1 is 1.15 bits per heavy atom. The van der Waals surface area contributed by atoms with Crippen molar-refractivity contribution in [3.05, 3.63) is 23.8 Å². The van der Waals surface area contributed by atoms with Crippen LogP contribution in [0.4, 0.5) is 0 Å². The molecule has 0 atom stereocenters. The van der Waals surface area contributed by atoms with Crippen LogP contribution < -0.4 is 20.1 Å². The Morgan fingerprint density at radius 2 is 1.88 bits per heavy atom. The Kier molecular flexibility index (Phi) is 10.7. The van der Waals surface area contributed by atoms with Gasteiger partial charge in [-0.05, 0) is 64.4 Å². The van der Waals surface area contributed by atoms with E-state index in [1.165, 1.54) is 12.0 Å². The van der Waals surface area contributed by atoms with Crippen LogP contribution in [0.5, 0.6) is 11.5 Å². The minimum absolute atomic E-state index is 0. The van der Waals surface area contributed by atoms with Crippen molar-refractivity contribution in [3.63, 3.8) is 0 Å². The number of rotatable bonds is 9. The summed E-state index contributed by atoms with van der Waals surface area (Å²) in [6, 6.07) is 6.71. The number of nitrogens with one attached hydrogen (secondary N) is 2. The number of nitrogens with zero attached hydrogens (tertiary/aromatic N) is 2. The summed E-state index contributed by atoms with van der Waals surface area (Å²) in [5.74, 6) is 2.53. The van der Waals surface area contributed by atoms with Gasteiger partial charge in [-0.25, -0.2) is 0 Å². The molecule has 1 heterocycles. The van der Waals surface area contributed by atoms with E-state index < -0.39 is 0 Å². The lowest BCUT2D eigenvalue weighted by atomic mass is 10.1. The second-order valence-corrected chi connectivity index (χ2v) is 6.64. The van der Waals surface area contributed by atoms with E-state index in [9.17, 15) is 0 Å². The molecule has 0 spiro atoms. The van der Waals surface area contributed by atoms with E-state index in [4.69, 9.17) is 9.47 Å². The van der Waals surface area contributed by atoms with Crippen LogP contribution in [0, 0.1) is 0 Å². The van der Waals surface area contributed by atoms with E-state index in [0.717, 1.165) is 49.9 Å². The van der Waals surface area contributed by atoms with Gasteiger partial charge < -0.3 is 25.0 Å². The fourth-order valence-corrected chi connectivity index (χ4v) is 2.59. The van der Waals surface area contributed by atoms with Crippen molar-refractivity contribution in [1.82, 2.24) is 15.5 Å². The molecule has 1 aliphatic heterocycles. The monoisotopic (exact) mass is 476 g/mol. The minimum atomic E-state index is 0. The number of hydrogen-bond donors (Lipinski definition) is 2. The van der Waals surface area contributed by atoms with Gasteiger partial charge in [0, 0.05) is 26.2 Å². The van der Waals surface area contributed by atoms with Crippen molar-refractivity contribution < 1.29 is 9.47 Å². The van der Waals surface area contributed by atoms with Gasteiger partial charge >= 0.3 is 0 Å². The van der Waals surface area contributed by atoms with Crippen LogP contribution in [-0.2, 0) is 6.42 Å². The van der Waals surface area contributed by atoms with Crippen molar-refractivity contribution in [2.45, 2.75) is 39.2 Å². The van der Waals surface area contributed by atoms with Crippen LogP contribution in [0.25, 0.3) is 0 Å². The number of fused-ring (bicyclic) bond motifs is 1. The maximum Gasteiger partial charge on any atom is 0.231 e. The topological polar surface area (TPSA) is 58.1 Å². The average Bonchev–Trinajstić information content (AvgIpc) is 3.07. The number of guanidine groups is 1. The fraction of sp³-hybridized carbons (Fsp3) is 0.632. The second kappa shape index (κ2) is 12.2. The quantitative estimate of drug-likeness (QED) is 0.249. The Balaban J connectivity index is 0.00000338. The van der Waals surface area contributed by atoms with Gasteiger partial charge in [0.05, 0.1) is 0 Å². The summed E-state index contributed by atoms with van der Waals surface area (Å²) in [5.41, 5.74) is 1.23. The van der Waals surface area contributed by atoms with Gasteiger partial charge in [-0.2, -0.15) is 0 Å². The van der Waals surface area contributed by atoms with Crippen molar-refractivity contribution >= 4 is 29.9 Å². The summed E-state index contributed by atoms with van der Waals surface area (Å²) >= 11 is 0. The molecule has 26 heavy (non-hydrogen) atoms. The summed E-state index contributed by atoms with van der Waals surface area (Å²) in [5, 5.41) is 6.74. The van der Waals surface area contributed by atoms with Crippen molar-refractivity contribution in [1.29, 1.82) is 0 Å². The zero-order valence-corrected chi connectivity index (χ0v) is 18.7. The van der Waals surface area contributed by atoms with E-state index in [2.05, 4.69) is 47.5 Å². The highest BCUT2D eigenvalue weighted by atomic mass is 127.